The minimum Gasteiger partial charge on any atom is -0.496 e. The van der Waals surface area contributed by atoms with E-state index < -0.39 is 0 Å². The monoisotopic (exact) mass is 315 g/mol. The Bertz CT molecular complexity index is 682. The zero-order valence-corrected chi connectivity index (χ0v) is 13.3. The molecule has 114 valence electrons. The molecule has 2 aromatic rings. The fraction of sp³-hybridized carbons (Fsp3) is 0.167. The van der Waals surface area contributed by atoms with E-state index in [1.807, 2.05) is 49.4 Å². The van der Waals surface area contributed by atoms with Crippen LogP contribution in [-0.4, -0.2) is 13.0 Å². The van der Waals surface area contributed by atoms with E-state index in [4.69, 9.17) is 16.3 Å². The number of para-hydroxylation sites is 1. The molecule has 0 aliphatic carbocycles. The Kier molecular flexibility index (Phi) is 5.61. The van der Waals surface area contributed by atoms with E-state index in [9.17, 15) is 4.79 Å². The quantitative estimate of drug-likeness (QED) is 0.838. The van der Waals surface area contributed by atoms with Crippen LogP contribution in [0, 0.1) is 0 Å². The van der Waals surface area contributed by atoms with Crippen molar-refractivity contribution in [3.05, 3.63) is 70.8 Å². The topological polar surface area (TPSA) is 38.3 Å². The fourth-order valence-electron chi connectivity index (χ4n) is 2.14. The van der Waals surface area contributed by atoms with Crippen LogP contribution in [0.3, 0.4) is 0 Å². The summed E-state index contributed by atoms with van der Waals surface area (Å²) in [5.74, 6) is 0.573. The van der Waals surface area contributed by atoms with Crippen molar-refractivity contribution in [1.82, 2.24) is 5.32 Å². The highest BCUT2D eigenvalue weighted by Crippen LogP contribution is 2.24. The Hall–Kier alpha value is -2.26. The summed E-state index contributed by atoms with van der Waals surface area (Å²) in [5.41, 5.74) is 1.74. The second kappa shape index (κ2) is 7.66. The van der Waals surface area contributed by atoms with Crippen molar-refractivity contribution in [2.75, 3.05) is 7.11 Å². The van der Waals surface area contributed by atoms with Gasteiger partial charge in [0.2, 0.25) is 5.91 Å². The van der Waals surface area contributed by atoms with Gasteiger partial charge in [0.15, 0.2) is 0 Å². The van der Waals surface area contributed by atoms with E-state index in [1.165, 1.54) is 6.08 Å². The molecule has 0 radical (unpaired) electrons. The molecular formula is C18H18ClNO2. The third kappa shape index (κ3) is 4.12. The number of halogens is 1. The van der Waals surface area contributed by atoms with Gasteiger partial charge in [-0.2, -0.15) is 0 Å². The number of nitrogens with one attached hydrogen (secondary N) is 1. The minimum absolute atomic E-state index is 0.153. The number of ether oxygens (including phenoxy) is 1. The molecule has 0 unspecified atom stereocenters. The molecule has 0 fully saturated rings. The number of hydrogen-bond donors (Lipinski definition) is 1. The van der Waals surface area contributed by atoms with Crippen LogP contribution >= 0.6 is 11.6 Å². The molecular weight excluding hydrogens is 298 g/mol. The number of amides is 1. The number of rotatable bonds is 5. The minimum atomic E-state index is -0.182. The molecule has 0 spiro atoms. The Balaban J connectivity index is 2.04. The molecule has 0 saturated heterocycles. The maximum Gasteiger partial charge on any atom is 0.244 e. The van der Waals surface area contributed by atoms with E-state index in [2.05, 4.69) is 5.32 Å². The second-order valence-electron chi connectivity index (χ2n) is 4.83. The van der Waals surface area contributed by atoms with Gasteiger partial charge in [-0.25, -0.2) is 0 Å². The zero-order chi connectivity index (χ0) is 15.9. The largest absolute Gasteiger partial charge is 0.496 e. The number of carbonyl (C=O) groups is 1. The van der Waals surface area contributed by atoms with E-state index >= 15 is 0 Å². The summed E-state index contributed by atoms with van der Waals surface area (Å²) >= 11 is 6.05. The average molecular weight is 316 g/mol. The first-order chi connectivity index (χ1) is 10.6. The average Bonchev–Trinajstić information content (AvgIpc) is 2.54. The van der Waals surface area contributed by atoms with Gasteiger partial charge in [0.05, 0.1) is 13.2 Å². The van der Waals surface area contributed by atoms with E-state index in [0.717, 1.165) is 16.9 Å². The molecule has 0 saturated carbocycles. The Labute approximate surface area is 135 Å². The van der Waals surface area contributed by atoms with Crippen LogP contribution in [0.5, 0.6) is 5.75 Å². The Morgan fingerprint density at radius 3 is 2.59 bits per heavy atom. The van der Waals surface area contributed by atoms with Gasteiger partial charge in [-0.3, -0.25) is 4.79 Å². The molecule has 4 heteroatoms. The van der Waals surface area contributed by atoms with Crippen LogP contribution in [0.2, 0.25) is 5.02 Å². The molecule has 22 heavy (non-hydrogen) atoms. The van der Waals surface area contributed by atoms with Crippen LogP contribution in [0.1, 0.15) is 24.1 Å². The molecule has 0 aromatic heterocycles. The molecule has 2 aromatic carbocycles. The first-order valence-electron chi connectivity index (χ1n) is 6.98. The predicted molar refractivity (Wildman–Crippen MR) is 90.0 cm³/mol. The predicted octanol–water partition coefficient (Wildman–Crippen LogP) is 4.24. The van der Waals surface area contributed by atoms with Crippen molar-refractivity contribution in [2.24, 2.45) is 0 Å². The van der Waals surface area contributed by atoms with Crippen LogP contribution < -0.4 is 10.1 Å². The van der Waals surface area contributed by atoms with E-state index in [1.54, 1.807) is 19.3 Å². The van der Waals surface area contributed by atoms with Crippen molar-refractivity contribution >= 4 is 23.6 Å². The summed E-state index contributed by atoms with van der Waals surface area (Å²) in [4.78, 5) is 12.0. The lowest BCUT2D eigenvalue weighted by atomic mass is 10.1. The number of benzene rings is 2. The maximum absolute atomic E-state index is 12.0. The van der Waals surface area contributed by atoms with Crippen molar-refractivity contribution in [2.45, 2.75) is 13.0 Å². The van der Waals surface area contributed by atoms with Gasteiger partial charge in [0.25, 0.3) is 0 Å². The molecule has 1 atom stereocenters. The van der Waals surface area contributed by atoms with Crippen molar-refractivity contribution < 1.29 is 9.53 Å². The summed E-state index contributed by atoms with van der Waals surface area (Å²) in [6.07, 6.45) is 3.18. The van der Waals surface area contributed by atoms with Crippen LogP contribution in [0.4, 0.5) is 0 Å². The van der Waals surface area contributed by atoms with Crippen LogP contribution in [0.15, 0.2) is 54.6 Å². The number of carbonyl (C=O) groups excluding carboxylic acids is 1. The lowest BCUT2D eigenvalue weighted by molar-refractivity contribution is -0.117. The third-order valence-corrected chi connectivity index (χ3v) is 3.63. The van der Waals surface area contributed by atoms with Crippen molar-refractivity contribution in [3.63, 3.8) is 0 Å². The summed E-state index contributed by atoms with van der Waals surface area (Å²) in [6, 6.07) is 14.8. The van der Waals surface area contributed by atoms with Gasteiger partial charge < -0.3 is 10.1 Å². The first kappa shape index (κ1) is 16.1. The zero-order valence-electron chi connectivity index (χ0n) is 12.5. The molecule has 1 amide bonds. The van der Waals surface area contributed by atoms with Gasteiger partial charge >= 0.3 is 0 Å². The highest BCUT2D eigenvalue weighted by molar-refractivity contribution is 6.32. The Morgan fingerprint density at radius 2 is 1.86 bits per heavy atom. The first-order valence-corrected chi connectivity index (χ1v) is 7.35. The number of methoxy groups -OCH3 is 1. The lowest BCUT2D eigenvalue weighted by Gasteiger charge is -2.16. The maximum atomic E-state index is 12.0. The molecule has 3 nitrogen and oxygen atoms in total. The Morgan fingerprint density at radius 1 is 1.18 bits per heavy atom. The van der Waals surface area contributed by atoms with Crippen molar-refractivity contribution in [1.29, 1.82) is 0 Å². The van der Waals surface area contributed by atoms with E-state index in [-0.39, 0.29) is 11.9 Å². The summed E-state index contributed by atoms with van der Waals surface area (Å²) < 4.78 is 5.31. The number of hydrogen-bond acceptors (Lipinski definition) is 2. The third-order valence-electron chi connectivity index (χ3n) is 3.28. The van der Waals surface area contributed by atoms with Crippen molar-refractivity contribution in [3.8, 4) is 5.75 Å². The summed E-state index contributed by atoms with van der Waals surface area (Å²) in [5, 5.41) is 3.53. The van der Waals surface area contributed by atoms with Gasteiger partial charge in [0, 0.05) is 16.7 Å². The van der Waals surface area contributed by atoms with Gasteiger partial charge in [-0.1, -0.05) is 48.0 Å². The lowest BCUT2D eigenvalue weighted by Crippen LogP contribution is -2.24. The highest BCUT2D eigenvalue weighted by Gasteiger charge is 2.12. The smallest absolute Gasteiger partial charge is 0.244 e. The summed E-state index contributed by atoms with van der Waals surface area (Å²) in [7, 11) is 1.62. The van der Waals surface area contributed by atoms with Gasteiger partial charge in [-0.05, 0) is 30.7 Å². The van der Waals surface area contributed by atoms with Crippen LogP contribution in [-0.2, 0) is 4.79 Å². The van der Waals surface area contributed by atoms with E-state index in [0.29, 0.717) is 5.02 Å². The molecule has 0 aliphatic rings. The molecule has 0 bridgehead atoms. The van der Waals surface area contributed by atoms with Gasteiger partial charge in [0.1, 0.15) is 5.75 Å². The SMILES string of the molecule is COc1ccccc1[C@H](C)NC(=O)/C=C/c1ccccc1Cl. The highest BCUT2D eigenvalue weighted by atomic mass is 35.5. The summed E-state index contributed by atoms with van der Waals surface area (Å²) in [6.45, 7) is 1.92. The standard InChI is InChI=1S/C18H18ClNO2/c1-13(15-8-4-6-10-17(15)22-2)20-18(21)12-11-14-7-3-5-9-16(14)19/h3-13H,1-2H3,(H,20,21)/b12-11+/t13-/m0/s1. The molecule has 0 aliphatic heterocycles. The van der Waals surface area contributed by atoms with Gasteiger partial charge in [-0.15, -0.1) is 0 Å². The second-order valence-corrected chi connectivity index (χ2v) is 5.23. The normalized spacial score (nSPS) is 12.1. The molecule has 2 rings (SSSR count). The molecule has 1 N–H and O–H groups in total. The van der Waals surface area contributed by atoms with Crippen LogP contribution in [0.25, 0.3) is 6.08 Å². The fourth-order valence-corrected chi connectivity index (χ4v) is 2.34. The molecule has 0 heterocycles.